The van der Waals surface area contributed by atoms with Crippen molar-refractivity contribution in [3.05, 3.63) is 35.5 Å². The van der Waals surface area contributed by atoms with E-state index in [4.69, 9.17) is 0 Å². The van der Waals surface area contributed by atoms with Gasteiger partial charge in [0, 0.05) is 28.6 Å². The lowest BCUT2D eigenvalue weighted by atomic mass is 10.0. The molecule has 2 nitrogen and oxygen atoms in total. The van der Waals surface area contributed by atoms with Gasteiger partial charge in [-0.05, 0) is 36.7 Å². The molecule has 0 saturated heterocycles. The summed E-state index contributed by atoms with van der Waals surface area (Å²) in [6.45, 7) is 2.16. The van der Waals surface area contributed by atoms with E-state index in [0.29, 0.717) is 23.5 Å². The van der Waals surface area contributed by atoms with E-state index in [2.05, 4.69) is 30.1 Å². The predicted molar refractivity (Wildman–Crippen MR) is 80.9 cm³/mol. The number of fused-ring (bicyclic) bond motifs is 2. The Bertz CT molecular complexity index is 657. The summed E-state index contributed by atoms with van der Waals surface area (Å²) >= 11 is 0. The molecule has 0 bridgehead atoms. The van der Waals surface area contributed by atoms with Gasteiger partial charge >= 0.3 is 0 Å². The molecule has 0 spiro atoms. The Hall–Kier alpha value is -1.57. The quantitative estimate of drug-likeness (QED) is 0.824. The maximum Gasteiger partial charge on any atom is 0.168 e. The van der Waals surface area contributed by atoms with Crippen LogP contribution in [0.25, 0.3) is 10.9 Å². The zero-order valence-corrected chi connectivity index (χ0v) is 12.0. The zero-order valence-electron chi connectivity index (χ0n) is 12.0. The van der Waals surface area contributed by atoms with Crippen molar-refractivity contribution in [2.45, 2.75) is 39.0 Å². The van der Waals surface area contributed by atoms with Crippen LogP contribution in [0.15, 0.2) is 24.4 Å². The molecule has 1 aromatic heterocycles. The lowest BCUT2D eigenvalue weighted by Crippen LogP contribution is -2.03. The Morgan fingerprint density at radius 3 is 2.70 bits per heavy atom. The van der Waals surface area contributed by atoms with E-state index in [1.54, 1.807) is 0 Å². The van der Waals surface area contributed by atoms with Crippen molar-refractivity contribution in [3.63, 3.8) is 0 Å². The molecule has 4 rings (SSSR count). The average molecular weight is 267 g/mol. The van der Waals surface area contributed by atoms with Gasteiger partial charge in [0.25, 0.3) is 0 Å². The number of H-pyrrole nitrogens is 1. The number of ketones is 1. The van der Waals surface area contributed by atoms with Gasteiger partial charge in [-0.15, -0.1) is 0 Å². The molecule has 2 heteroatoms. The van der Waals surface area contributed by atoms with Crippen molar-refractivity contribution >= 4 is 16.7 Å². The number of para-hydroxylation sites is 1. The normalized spacial score (nSPS) is 28.4. The number of aromatic nitrogens is 1. The van der Waals surface area contributed by atoms with Gasteiger partial charge < -0.3 is 4.98 Å². The van der Waals surface area contributed by atoms with Crippen LogP contribution in [0.4, 0.5) is 0 Å². The van der Waals surface area contributed by atoms with Crippen molar-refractivity contribution < 1.29 is 4.79 Å². The first kappa shape index (κ1) is 12.2. The largest absolute Gasteiger partial charge is 0.360 e. The first-order valence-electron chi connectivity index (χ1n) is 7.94. The third kappa shape index (κ3) is 1.67. The fraction of sp³-hybridized carbons (Fsp3) is 0.500. The molecule has 2 unspecified atom stereocenters. The van der Waals surface area contributed by atoms with Gasteiger partial charge in [-0.2, -0.15) is 0 Å². The van der Waals surface area contributed by atoms with Crippen LogP contribution < -0.4 is 0 Å². The Morgan fingerprint density at radius 2 is 2.00 bits per heavy atom. The number of hydrogen-bond donors (Lipinski definition) is 1. The molecule has 0 aliphatic heterocycles. The number of carbonyl (C=O) groups excluding carboxylic acids is 1. The molecule has 104 valence electrons. The van der Waals surface area contributed by atoms with Gasteiger partial charge in [0.15, 0.2) is 5.78 Å². The van der Waals surface area contributed by atoms with Crippen LogP contribution in [-0.4, -0.2) is 10.8 Å². The second-order valence-corrected chi connectivity index (χ2v) is 6.40. The monoisotopic (exact) mass is 267 g/mol. The van der Waals surface area contributed by atoms with E-state index in [0.717, 1.165) is 22.9 Å². The van der Waals surface area contributed by atoms with E-state index in [-0.39, 0.29) is 0 Å². The van der Waals surface area contributed by atoms with Crippen LogP contribution in [0.1, 0.15) is 48.5 Å². The fourth-order valence-corrected chi connectivity index (χ4v) is 4.28. The maximum atomic E-state index is 12.8. The lowest BCUT2D eigenvalue weighted by molar-refractivity contribution is 0.0958. The predicted octanol–water partition coefficient (Wildman–Crippen LogP) is 4.35. The van der Waals surface area contributed by atoms with Gasteiger partial charge in [0.05, 0.1) is 0 Å². The molecule has 2 fully saturated rings. The molecule has 0 amide bonds. The lowest BCUT2D eigenvalue weighted by Gasteiger charge is -2.04. The van der Waals surface area contributed by atoms with E-state index < -0.39 is 0 Å². The zero-order chi connectivity index (χ0) is 13.7. The minimum Gasteiger partial charge on any atom is -0.360 e. The standard InChI is InChI=1S/C18H21NO/c1-2-11-6-5-9-14-15(10-19-17(11)14)18(20)16-12-7-3-4-8-13(12)16/h5-6,9-10,12-13,16,19H,2-4,7-8H2,1H3. The molecule has 2 atom stereocenters. The highest BCUT2D eigenvalue weighted by atomic mass is 16.1. The van der Waals surface area contributed by atoms with Crippen molar-refractivity contribution in [2.24, 2.45) is 17.8 Å². The summed E-state index contributed by atoms with van der Waals surface area (Å²) in [6.07, 6.45) is 8.11. The molecular formula is C18H21NO. The Balaban J connectivity index is 1.70. The molecule has 2 aliphatic carbocycles. The minimum atomic E-state index is 0.321. The molecule has 2 saturated carbocycles. The second kappa shape index (κ2) is 4.47. The van der Waals surface area contributed by atoms with Crippen LogP contribution >= 0.6 is 0 Å². The second-order valence-electron chi connectivity index (χ2n) is 6.40. The summed E-state index contributed by atoms with van der Waals surface area (Å²) < 4.78 is 0. The summed E-state index contributed by atoms with van der Waals surface area (Å²) in [5.74, 6) is 2.09. The van der Waals surface area contributed by atoms with E-state index in [9.17, 15) is 4.79 Å². The number of Topliss-reactive ketones (excluding diaryl/α,β-unsaturated/α-hetero) is 1. The molecule has 2 aliphatic rings. The van der Waals surface area contributed by atoms with E-state index in [1.807, 2.05) is 6.20 Å². The van der Waals surface area contributed by atoms with Crippen molar-refractivity contribution in [3.8, 4) is 0 Å². The van der Waals surface area contributed by atoms with Crippen molar-refractivity contribution in [1.82, 2.24) is 4.98 Å². The third-order valence-corrected chi connectivity index (χ3v) is 5.41. The number of hydrogen-bond acceptors (Lipinski definition) is 1. The van der Waals surface area contributed by atoms with Crippen LogP contribution in [0.2, 0.25) is 0 Å². The van der Waals surface area contributed by atoms with E-state index in [1.165, 1.54) is 31.2 Å². The number of aryl methyl sites for hydroxylation is 1. The molecule has 1 heterocycles. The van der Waals surface area contributed by atoms with Gasteiger partial charge in [0.1, 0.15) is 0 Å². The molecule has 0 radical (unpaired) electrons. The van der Waals surface area contributed by atoms with Gasteiger partial charge in [-0.1, -0.05) is 38.0 Å². The van der Waals surface area contributed by atoms with Crippen LogP contribution in [0.5, 0.6) is 0 Å². The number of carbonyl (C=O) groups is 1. The maximum absolute atomic E-state index is 12.8. The summed E-state index contributed by atoms with van der Waals surface area (Å²) in [4.78, 5) is 16.2. The Morgan fingerprint density at radius 1 is 1.25 bits per heavy atom. The number of rotatable bonds is 3. The van der Waals surface area contributed by atoms with Gasteiger partial charge in [0.2, 0.25) is 0 Å². The molecule has 1 aromatic carbocycles. The number of nitrogens with one attached hydrogen (secondary N) is 1. The van der Waals surface area contributed by atoms with Crippen molar-refractivity contribution in [2.75, 3.05) is 0 Å². The summed E-state index contributed by atoms with van der Waals surface area (Å²) in [5, 5.41) is 1.12. The summed E-state index contributed by atoms with van der Waals surface area (Å²) in [6, 6.07) is 6.31. The first-order chi connectivity index (χ1) is 9.81. The molecule has 2 aromatic rings. The topological polar surface area (TPSA) is 32.9 Å². The van der Waals surface area contributed by atoms with Crippen molar-refractivity contribution in [1.29, 1.82) is 0 Å². The number of aromatic amines is 1. The Kier molecular flexibility index (Phi) is 2.73. The number of benzene rings is 1. The molecular weight excluding hydrogens is 246 g/mol. The third-order valence-electron chi connectivity index (χ3n) is 5.41. The van der Waals surface area contributed by atoms with Crippen LogP contribution in [-0.2, 0) is 6.42 Å². The van der Waals surface area contributed by atoms with E-state index >= 15 is 0 Å². The summed E-state index contributed by atoms with van der Waals surface area (Å²) in [5.41, 5.74) is 3.38. The molecule has 1 N–H and O–H groups in total. The van der Waals surface area contributed by atoms with Crippen LogP contribution in [0, 0.1) is 17.8 Å². The highest BCUT2D eigenvalue weighted by molar-refractivity contribution is 6.10. The van der Waals surface area contributed by atoms with Crippen LogP contribution in [0.3, 0.4) is 0 Å². The smallest absolute Gasteiger partial charge is 0.168 e. The summed E-state index contributed by atoms with van der Waals surface area (Å²) in [7, 11) is 0. The SMILES string of the molecule is CCc1cccc2c(C(=O)C3C4CCCCC43)c[nH]c12. The average Bonchev–Trinajstić information content (AvgIpc) is 3.06. The first-order valence-corrected chi connectivity index (χ1v) is 7.94. The van der Waals surface area contributed by atoms with Gasteiger partial charge in [-0.25, -0.2) is 0 Å². The molecule has 20 heavy (non-hydrogen) atoms. The highest BCUT2D eigenvalue weighted by Gasteiger charge is 2.54. The Labute approximate surface area is 119 Å². The fourth-order valence-electron chi connectivity index (χ4n) is 4.28. The highest BCUT2D eigenvalue weighted by Crippen LogP contribution is 2.56. The minimum absolute atomic E-state index is 0.321. The van der Waals surface area contributed by atoms with Gasteiger partial charge in [-0.3, -0.25) is 4.79 Å².